The number of hydrogen-bond donors (Lipinski definition) is 2. The summed E-state index contributed by atoms with van der Waals surface area (Å²) in [5.74, 6) is -2.16. The Bertz CT molecular complexity index is 801. The van der Waals surface area contributed by atoms with Gasteiger partial charge in [0.1, 0.15) is 5.58 Å². The number of benzene rings is 1. The van der Waals surface area contributed by atoms with Crippen LogP contribution in [0.25, 0.3) is 16.5 Å². The van der Waals surface area contributed by atoms with E-state index >= 15 is 0 Å². The van der Waals surface area contributed by atoms with Crippen LogP contribution in [0.2, 0.25) is 0 Å². The zero-order valence-electron chi connectivity index (χ0n) is 10.5. The summed E-state index contributed by atoms with van der Waals surface area (Å²) >= 11 is 0. The SMILES string of the molecule is Cc1cc(=O)oc2cc(C(=CC(N)=O)C(=O)O)ccc12. The molecular formula is C14H11NO5. The van der Waals surface area contributed by atoms with E-state index in [-0.39, 0.29) is 16.7 Å². The van der Waals surface area contributed by atoms with Gasteiger partial charge in [-0.15, -0.1) is 0 Å². The minimum atomic E-state index is -1.29. The fourth-order valence-corrected chi connectivity index (χ4v) is 1.90. The van der Waals surface area contributed by atoms with Gasteiger partial charge >= 0.3 is 11.6 Å². The van der Waals surface area contributed by atoms with E-state index in [1.54, 1.807) is 13.0 Å². The fraction of sp³-hybridized carbons (Fsp3) is 0.0714. The maximum atomic E-state index is 11.3. The predicted molar refractivity (Wildman–Crippen MR) is 72.0 cm³/mol. The Kier molecular flexibility index (Phi) is 3.39. The fourth-order valence-electron chi connectivity index (χ4n) is 1.90. The third-order valence-corrected chi connectivity index (χ3v) is 2.78. The standard InChI is InChI=1S/C14H11NO5/c1-7-4-13(17)20-11-5-8(2-3-9(7)11)10(14(18)19)6-12(15)16/h2-6H,1H3,(H2,15,16)(H,18,19). The molecular weight excluding hydrogens is 262 g/mol. The summed E-state index contributed by atoms with van der Waals surface area (Å²) in [6, 6.07) is 5.89. The van der Waals surface area contributed by atoms with Gasteiger partial charge in [0.05, 0.1) is 5.57 Å². The first-order valence-electron chi connectivity index (χ1n) is 5.68. The first kappa shape index (κ1) is 13.5. The highest BCUT2D eigenvalue weighted by Crippen LogP contribution is 2.22. The molecule has 102 valence electrons. The van der Waals surface area contributed by atoms with Crippen molar-refractivity contribution in [3.8, 4) is 0 Å². The first-order chi connectivity index (χ1) is 9.38. The smallest absolute Gasteiger partial charge is 0.336 e. The summed E-state index contributed by atoms with van der Waals surface area (Å²) in [7, 11) is 0. The summed E-state index contributed by atoms with van der Waals surface area (Å²) in [4.78, 5) is 33.3. The van der Waals surface area contributed by atoms with Crippen LogP contribution in [0.1, 0.15) is 11.1 Å². The third kappa shape index (κ3) is 2.59. The van der Waals surface area contributed by atoms with Gasteiger partial charge in [0.25, 0.3) is 0 Å². The molecule has 0 saturated carbocycles. The molecule has 1 aromatic carbocycles. The zero-order valence-corrected chi connectivity index (χ0v) is 10.5. The number of carbonyl (C=O) groups is 2. The molecule has 0 spiro atoms. The average Bonchev–Trinajstić information content (AvgIpc) is 2.34. The predicted octanol–water partition coefficient (Wildman–Crippen LogP) is 1.05. The van der Waals surface area contributed by atoms with E-state index < -0.39 is 17.5 Å². The van der Waals surface area contributed by atoms with Crippen LogP contribution in [0, 0.1) is 6.92 Å². The van der Waals surface area contributed by atoms with Crippen LogP contribution in [0.4, 0.5) is 0 Å². The lowest BCUT2D eigenvalue weighted by atomic mass is 10.0. The van der Waals surface area contributed by atoms with Crippen molar-refractivity contribution in [1.29, 1.82) is 0 Å². The summed E-state index contributed by atoms with van der Waals surface area (Å²) in [6.07, 6.45) is 0.817. The second kappa shape index (κ2) is 5.00. The molecule has 0 saturated heterocycles. The van der Waals surface area contributed by atoms with Crippen LogP contribution < -0.4 is 11.4 Å². The highest BCUT2D eigenvalue weighted by Gasteiger charge is 2.13. The lowest BCUT2D eigenvalue weighted by Crippen LogP contribution is -2.10. The molecule has 0 aliphatic carbocycles. The van der Waals surface area contributed by atoms with E-state index in [2.05, 4.69) is 0 Å². The van der Waals surface area contributed by atoms with Gasteiger partial charge in [0.15, 0.2) is 0 Å². The molecule has 2 rings (SSSR count). The molecule has 1 heterocycles. The molecule has 0 aliphatic heterocycles. The Morgan fingerprint density at radius 3 is 2.60 bits per heavy atom. The lowest BCUT2D eigenvalue weighted by molar-refractivity contribution is -0.130. The Morgan fingerprint density at radius 1 is 1.30 bits per heavy atom. The van der Waals surface area contributed by atoms with E-state index in [9.17, 15) is 14.4 Å². The minimum Gasteiger partial charge on any atom is -0.478 e. The Labute approximate surface area is 113 Å². The molecule has 0 atom stereocenters. The second-order valence-corrected chi connectivity index (χ2v) is 4.22. The van der Waals surface area contributed by atoms with Crippen molar-refractivity contribution in [2.75, 3.05) is 0 Å². The van der Waals surface area contributed by atoms with E-state index in [0.29, 0.717) is 5.39 Å². The largest absolute Gasteiger partial charge is 0.478 e. The van der Waals surface area contributed by atoms with Crippen LogP contribution in [0.5, 0.6) is 0 Å². The van der Waals surface area contributed by atoms with Gasteiger partial charge in [-0.3, -0.25) is 4.79 Å². The van der Waals surface area contributed by atoms with Crippen molar-refractivity contribution < 1.29 is 19.1 Å². The number of aliphatic carboxylic acids is 1. The van der Waals surface area contributed by atoms with Crippen molar-refractivity contribution >= 4 is 28.4 Å². The summed E-state index contributed by atoms with van der Waals surface area (Å²) < 4.78 is 5.03. The maximum absolute atomic E-state index is 11.3. The summed E-state index contributed by atoms with van der Waals surface area (Å²) in [5, 5.41) is 9.78. The molecule has 0 bridgehead atoms. The van der Waals surface area contributed by atoms with Crippen LogP contribution in [-0.2, 0) is 9.59 Å². The molecule has 0 fully saturated rings. The van der Waals surface area contributed by atoms with Gasteiger partial charge in [-0.25, -0.2) is 9.59 Å². The molecule has 0 unspecified atom stereocenters. The number of rotatable bonds is 3. The number of carboxylic acids is 1. The number of hydrogen-bond acceptors (Lipinski definition) is 4. The quantitative estimate of drug-likeness (QED) is 0.641. The van der Waals surface area contributed by atoms with Gasteiger partial charge in [0.2, 0.25) is 5.91 Å². The van der Waals surface area contributed by atoms with Gasteiger partial charge in [-0.1, -0.05) is 12.1 Å². The Hall–Kier alpha value is -2.89. The van der Waals surface area contributed by atoms with Crippen LogP contribution in [-0.4, -0.2) is 17.0 Å². The summed E-state index contributed by atoms with van der Waals surface area (Å²) in [5.41, 5.74) is 5.40. The summed E-state index contributed by atoms with van der Waals surface area (Å²) in [6.45, 7) is 1.75. The van der Waals surface area contributed by atoms with E-state index in [4.69, 9.17) is 15.3 Å². The zero-order chi connectivity index (χ0) is 14.9. The van der Waals surface area contributed by atoms with Gasteiger partial charge < -0.3 is 15.3 Å². The molecule has 0 aliphatic rings. The molecule has 0 radical (unpaired) electrons. The third-order valence-electron chi connectivity index (χ3n) is 2.78. The van der Waals surface area contributed by atoms with Crippen LogP contribution >= 0.6 is 0 Å². The topological polar surface area (TPSA) is 111 Å². The molecule has 1 aromatic heterocycles. The number of nitrogens with two attached hydrogens (primary N) is 1. The Balaban J connectivity index is 2.70. The number of carboxylic acid groups (broad SMARTS) is 1. The van der Waals surface area contributed by atoms with E-state index in [0.717, 1.165) is 11.6 Å². The Morgan fingerprint density at radius 2 is 2.00 bits per heavy atom. The van der Waals surface area contributed by atoms with Crippen molar-refractivity contribution in [3.05, 3.63) is 51.9 Å². The molecule has 6 nitrogen and oxygen atoms in total. The first-order valence-corrected chi connectivity index (χ1v) is 5.68. The van der Waals surface area contributed by atoms with Crippen molar-refractivity contribution in [1.82, 2.24) is 0 Å². The normalized spacial score (nSPS) is 11.6. The number of fused-ring (bicyclic) bond motifs is 1. The van der Waals surface area contributed by atoms with Crippen LogP contribution in [0.15, 0.2) is 39.6 Å². The monoisotopic (exact) mass is 273 g/mol. The van der Waals surface area contributed by atoms with E-state index in [1.807, 2.05) is 0 Å². The van der Waals surface area contributed by atoms with Gasteiger partial charge in [0, 0.05) is 17.5 Å². The minimum absolute atomic E-state index is 0.234. The second-order valence-electron chi connectivity index (χ2n) is 4.22. The van der Waals surface area contributed by atoms with Gasteiger partial charge in [-0.2, -0.15) is 0 Å². The number of aryl methyl sites for hydroxylation is 1. The maximum Gasteiger partial charge on any atom is 0.336 e. The molecule has 2 aromatic rings. The molecule has 3 N–H and O–H groups in total. The van der Waals surface area contributed by atoms with Gasteiger partial charge in [-0.05, 0) is 24.1 Å². The molecule has 1 amide bonds. The number of carbonyl (C=O) groups excluding carboxylic acids is 1. The molecule has 6 heteroatoms. The lowest BCUT2D eigenvalue weighted by Gasteiger charge is -2.05. The van der Waals surface area contributed by atoms with Crippen LogP contribution in [0.3, 0.4) is 0 Å². The highest BCUT2D eigenvalue weighted by atomic mass is 16.4. The van der Waals surface area contributed by atoms with Crippen molar-refractivity contribution in [2.45, 2.75) is 6.92 Å². The number of amides is 1. The number of primary amides is 1. The average molecular weight is 273 g/mol. The van der Waals surface area contributed by atoms with Crippen molar-refractivity contribution in [3.63, 3.8) is 0 Å². The van der Waals surface area contributed by atoms with E-state index in [1.165, 1.54) is 18.2 Å². The highest BCUT2D eigenvalue weighted by molar-refractivity contribution is 6.20. The van der Waals surface area contributed by atoms with Crippen molar-refractivity contribution in [2.24, 2.45) is 5.73 Å². The molecule has 20 heavy (non-hydrogen) atoms.